The number of aliphatic hydroxyl groups excluding tert-OH is 1. The van der Waals surface area contributed by atoms with Crippen LogP contribution in [0.5, 0.6) is 0 Å². The second kappa shape index (κ2) is 3.16. The molecule has 0 amide bonds. The van der Waals surface area contributed by atoms with Gasteiger partial charge < -0.3 is 9.84 Å². The molecule has 0 spiro atoms. The summed E-state index contributed by atoms with van der Waals surface area (Å²) in [6, 6.07) is 0. The van der Waals surface area contributed by atoms with Crippen molar-refractivity contribution in [3.05, 3.63) is 11.6 Å². The van der Waals surface area contributed by atoms with Gasteiger partial charge in [0.05, 0.1) is 13.2 Å². The highest BCUT2D eigenvalue weighted by Gasteiger charge is 2.58. The smallest absolute Gasteiger partial charge is 0.164 e. The third-order valence-corrected chi connectivity index (χ3v) is 3.89. The van der Waals surface area contributed by atoms with Gasteiger partial charge in [0.1, 0.15) is 5.60 Å². The first-order valence-electron chi connectivity index (χ1n) is 5.40. The van der Waals surface area contributed by atoms with Gasteiger partial charge in [0.2, 0.25) is 0 Å². The van der Waals surface area contributed by atoms with Gasteiger partial charge >= 0.3 is 0 Å². The number of ketones is 1. The maximum atomic E-state index is 12.0. The zero-order chi connectivity index (χ0) is 11.3. The molecule has 2 unspecified atom stereocenters. The maximum Gasteiger partial charge on any atom is 0.164 e. The molecular weight excluding hydrogens is 192 g/mol. The molecule has 0 aromatic rings. The first-order chi connectivity index (χ1) is 6.94. The highest BCUT2D eigenvalue weighted by molar-refractivity contribution is 6.00. The normalized spacial score (nSPS) is 38.8. The Morgan fingerprint density at radius 3 is 2.67 bits per heavy atom. The topological polar surface area (TPSA) is 49.8 Å². The predicted octanol–water partition coefficient (Wildman–Crippen LogP) is 1.31. The number of ether oxygens (including phenoxy) is 1. The number of Topliss-reactive ketones (excluding diaryl/α,β-unsaturated/α-hetero) is 1. The first kappa shape index (κ1) is 10.8. The average molecular weight is 210 g/mol. The summed E-state index contributed by atoms with van der Waals surface area (Å²) < 4.78 is 5.37. The third kappa shape index (κ3) is 1.45. The molecule has 1 heterocycles. The van der Waals surface area contributed by atoms with Crippen molar-refractivity contribution in [1.29, 1.82) is 0 Å². The zero-order valence-electron chi connectivity index (χ0n) is 9.54. The van der Waals surface area contributed by atoms with Crippen LogP contribution >= 0.6 is 0 Å². The van der Waals surface area contributed by atoms with E-state index in [9.17, 15) is 9.90 Å². The van der Waals surface area contributed by atoms with Crippen molar-refractivity contribution in [3.63, 3.8) is 0 Å². The lowest BCUT2D eigenvalue weighted by Crippen LogP contribution is -2.46. The molecule has 1 fully saturated rings. The van der Waals surface area contributed by atoms with Crippen molar-refractivity contribution in [2.75, 3.05) is 13.2 Å². The highest BCUT2D eigenvalue weighted by atomic mass is 16.6. The fourth-order valence-corrected chi connectivity index (χ4v) is 2.72. The van der Waals surface area contributed by atoms with Crippen molar-refractivity contribution in [2.45, 2.75) is 32.8 Å². The summed E-state index contributed by atoms with van der Waals surface area (Å²) in [6.07, 6.45) is 2.79. The summed E-state index contributed by atoms with van der Waals surface area (Å²) in [7, 11) is 0. The van der Waals surface area contributed by atoms with Crippen LogP contribution in [0.3, 0.4) is 0 Å². The molecule has 15 heavy (non-hydrogen) atoms. The lowest BCUT2D eigenvalue weighted by Gasteiger charge is -2.39. The van der Waals surface area contributed by atoms with E-state index in [4.69, 9.17) is 4.74 Å². The largest absolute Gasteiger partial charge is 0.393 e. The number of epoxide rings is 1. The highest BCUT2D eigenvalue weighted by Crippen LogP contribution is 2.50. The minimum absolute atomic E-state index is 0.0151. The number of hydrogen-bond acceptors (Lipinski definition) is 3. The SMILES string of the molecule is CC1=CCC(C2(CO)CO2)C(C)(C)C1=O. The summed E-state index contributed by atoms with van der Waals surface area (Å²) in [5, 5.41) is 9.34. The number of rotatable bonds is 2. The lowest BCUT2D eigenvalue weighted by atomic mass is 9.63. The molecule has 2 rings (SSSR count). The quantitative estimate of drug-likeness (QED) is 0.699. The minimum Gasteiger partial charge on any atom is -0.393 e. The van der Waals surface area contributed by atoms with E-state index in [1.54, 1.807) is 0 Å². The lowest BCUT2D eigenvalue weighted by molar-refractivity contribution is -0.129. The van der Waals surface area contributed by atoms with Crippen LogP contribution in [0.25, 0.3) is 0 Å². The van der Waals surface area contributed by atoms with E-state index in [0.717, 1.165) is 12.0 Å². The Kier molecular flexibility index (Phi) is 2.28. The minimum atomic E-state index is -0.448. The fraction of sp³-hybridized carbons (Fsp3) is 0.750. The maximum absolute atomic E-state index is 12.0. The van der Waals surface area contributed by atoms with E-state index in [2.05, 4.69) is 0 Å². The molecule has 2 atom stereocenters. The third-order valence-electron chi connectivity index (χ3n) is 3.89. The molecule has 0 aromatic carbocycles. The van der Waals surface area contributed by atoms with Crippen molar-refractivity contribution in [3.8, 4) is 0 Å². The molecule has 1 aliphatic heterocycles. The molecule has 1 N–H and O–H groups in total. The number of carbonyl (C=O) groups is 1. The van der Waals surface area contributed by atoms with E-state index in [0.29, 0.717) is 6.61 Å². The average Bonchev–Trinajstić information content (AvgIpc) is 2.95. The Balaban J connectivity index is 2.32. The van der Waals surface area contributed by atoms with Gasteiger partial charge in [0.25, 0.3) is 0 Å². The predicted molar refractivity (Wildman–Crippen MR) is 56.4 cm³/mol. The van der Waals surface area contributed by atoms with Crippen LogP contribution in [-0.2, 0) is 9.53 Å². The molecule has 2 aliphatic rings. The van der Waals surface area contributed by atoms with Crippen LogP contribution in [0.15, 0.2) is 11.6 Å². The number of carbonyl (C=O) groups excluding carboxylic acids is 1. The monoisotopic (exact) mass is 210 g/mol. The van der Waals surface area contributed by atoms with Crippen molar-refractivity contribution in [2.24, 2.45) is 11.3 Å². The Labute approximate surface area is 90.1 Å². The second-order valence-electron chi connectivity index (χ2n) is 5.24. The van der Waals surface area contributed by atoms with Crippen LogP contribution in [0.4, 0.5) is 0 Å². The summed E-state index contributed by atoms with van der Waals surface area (Å²) in [4.78, 5) is 12.0. The van der Waals surface area contributed by atoms with Crippen LogP contribution in [0.2, 0.25) is 0 Å². The number of hydrogen-bond donors (Lipinski definition) is 1. The van der Waals surface area contributed by atoms with Gasteiger partial charge in [-0.2, -0.15) is 0 Å². The van der Waals surface area contributed by atoms with Crippen molar-refractivity contribution >= 4 is 5.78 Å². The van der Waals surface area contributed by atoms with Crippen LogP contribution < -0.4 is 0 Å². The second-order valence-corrected chi connectivity index (χ2v) is 5.24. The molecule has 1 aliphatic carbocycles. The van der Waals surface area contributed by atoms with Gasteiger partial charge in [-0.05, 0) is 18.9 Å². The van der Waals surface area contributed by atoms with Crippen LogP contribution in [0.1, 0.15) is 27.2 Å². The van der Waals surface area contributed by atoms with Crippen molar-refractivity contribution in [1.82, 2.24) is 0 Å². The Bertz CT molecular complexity index is 324. The molecule has 84 valence electrons. The molecule has 1 saturated heterocycles. The molecule has 0 saturated carbocycles. The first-order valence-corrected chi connectivity index (χ1v) is 5.40. The van der Waals surface area contributed by atoms with E-state index in [1.807, 2.05) is 26.8 Å². The van der Waals surface area contributed by atoms with E-state index >= 15 is 0 Å². The van der Waals surface area contributed by atoms with Gasteiger partial charge in [0, 0.05) is 11.3 Å². The van der Waals surface area contributed by atoms with Gasteiger partial charge in [0.15, 0.2) is 5.78 Å². The number of allylic oxidation sites excluding steroid dienone is 2. The molecule has 3 nitrogen and oxygen atoms in total. The van der Waals surface area contributed by atoms with Crippen LogP contribution in [-0.4, -0.2) is 29.7 Å². The summed E-state index contributed by atoms with van der Waals surface area (Å²) in [5.74, 6) is 0.285. The molecule has 0 bridgehead atoms. The van der Waals surface area contributed by atoms with Gasteiger partial charge in [-0.1, -0.05) is 19.9 Å². The summed E-state index contributed by atoms with van der Waals surface area (Å²) in [6.45, 7) is 6.36. The van der Waals surface area contributed by atoms with E-state index in [1.165, 1.54) is 0 Å². The van der Waals surface area contributed by atoms with Gasteiger partial charge in [-0.25, -0.2) is 0 Å². The number of aliphatic hydroxyl groups is 1. The van der Waals surface area contributed by atoms with E-state index < -0.39 is 11.0 Å². The Hall–Kier alpha value is -0.670. The molecule has 0 radical (unpaired) electrons. The van der Waals surface area contributed by atoms with Gasteiger partial charge in [-0.3, -0.25) is 4.79 Å². The van der Waals surface area contributed by atoms with Gasteiger partial charge in [-0.15, -0.1) is 0 Å². The Morgan fingerprint density at radius 1 is 1.60 bits per heavy atom. The molecular formula is C12H18O3. The van der Waals surface area contributed by atoms with E-state index in [-0.39, 0.29) is 18.3 Å². The van der Waals surface area contributed by atoms with Crippen LogP contribution in [0, 0.1) is 11.3 Å². The molecule has 0 aromatic heterocycles. The zero-order valence-corrected chi connectivity index (χ0v) is 9.54. The standard InChI is InChI=1S/C12H18O3/c1-8-4-5-9(11(2,3)10(8)14)12(6-13)7-15-12/h4,9,13H,5-7H2,1-3H3. The summed E-state index contributed by atoms with van der Waals surface area (Å²) in [5.41, 5.74) is -0.0287. The Morgan fingerprint density at radius 2 is 2.20 bits per heavy atom. The summed E-state index contributed by atoms with van der Waals surface area (Å²) >= 11 is 0. The van der Waals surface area contributed by atoms with Crippen molar-refractivity contribution < 1.29 is 14.6 Å². The fourth-order valence-electron chi connectivity index (χ4n) is 2.72. The molecule has 3 heteroatoms.